The summed E-state index contributed by atoms with van der Waals surface area (Å²) in [5.41, 5.74) is 2.43. The maximum atomic E-state index is 11.1. The van der Waals surface area contributed by atoms with E-state index < -0.39 is 5.97 Å². The van der Waals surface area contributed by atoms with Crippen LogP contribution in [0.4, 0.5) is 0 Å². The molecule has 3 rings (SSSR count). The van der Waals surface area contributed by atoms with Crippen molar-refractivity contribution >= 4 is 28.5 Å². The van der Waals surface area contributed by atoms with Gasteiger partial charge < -0.3 is 9.67 Å². The number of aryl methyl sites for hydroxylation is 1. The molecule has 7 heteroatoms. The number of fused-ring (bicyclic) bond motifs is 1. The molecule has 6 nitrogen and oxygen atoms in total. The van der Waals surface area contributed by atoms with Crippen molar-refractivity contribution in [3.8, 4) is 10.7 Å². The molecule has 3 aromatic rings. The molecule has 102 valence electrons. The zero-order valence-corrected chi connectivity index (χ0v) is 11.6. The minimum Gasteiger partial charge on any atom is -0.480 e. The van der Waals surface area contributed by atoms with E-state index in [1.54, 1.807) is 4.57 Å². The third-order valence-corrected chi connectivity index (χ3v) is 3.81. The molecule has 2 aromatic heterocycles. The normalized spacial score (nSPS) is 11.1. The van der Waals surface area contributed by atoms with E-state index in [1.165, 1.54) is 11.5 Å². The largest absolute Gasteiger partial charge is 0.480 e. The van der Waals surface area contributed by atoms with Gasteiger partial charge in [-0.15, -0.1) is 5.10 Å². The van der Waals surface area contributed by atoms with Gasteiger partial charge in [0, 0.05) is 0 Å². The molecule has 1 aromatic carbocycles. The van der Waals surface area contributed by atoms with Crippen LogP contribution in [-0.2, 0) is 17.8 Å². The Hall–Kier alpha value is -2.28. The third kappa shape index (κ3) is 2.05. The van der Waals surface area contributed by atoms with Gasteiger partial charge in [-0.05, 0) is 30.1 Å². The highest BCUT2D eigenvalue weighted by Gasteiger charge is 2.19. The van der Waals surface area contributed by atoms with E-state index in [0.717, 1.165) is 28.0 Å². The van der Waals surface area contributed by atoms with Crippen LogP contribution in [0.3, 0.4) is 0 Å². The molecular formula is C13H12N4O2S. The zero-order chi connectivity index (χ0) is 14.1. The predicted molar refractivity (Wildman–Crippen MR) is 75.6 cm³/mol. The maximum absolute atomic E-state index is 11.1. The lowest BCUT2D eigenvalue weighted by Gasteiger charge is -2.05. The highest BCUT2D eigenvalue weighted by molar-refractivity contribution is 7.09. The summed E-state index contributed by atoms with van der Waals surface area (Å²) in [6.07, 6.45) is 0.738. The van der Waals surface area contributed by atoms with Crippen molar-refractivity contribution < 1.29 is 9.90 Å². The lowest BCUT2D eigenvalue weighted by Crippen LogP contribution is -2.10. The molecule has 0 atom stereocenters. The topological polar surface area (TPSA) is 80.9 Å². The van der Waals surface area contributed by atoms with Crippen molar-refractivity contribution in [1.29, 1.82) is 0 Å². The highest BCUT2D eigenvalue weighted by atomic mass is 32.1. The second-order valence-corrected chi connectivity index (χ2v) is 5.06. The van der Waals surface area contributed by atoms with Gasteiger partial charge in [-0.3, -0.25) is 4.79 Å². The molecule has 2 heterocycles. The monoisotopic (exact) mass is 288 g/mol. The lowest BCUT2D eigenvalue weighted by molar-refractivity contribution is -0.137. The Balaban J connectivity index is 2.26. The van der Waals surface area contributed by atoms with Gasteiger partial charge in [-0.1, -0.05) is 23.5 Å². The van der Waals surface area contributed by atoms with Crippen molar-refractivity contribution in [3.63, 3.8) is 0 Å². The number of rotatable bonds is 4. The minimum absolute atomic E-state index is 0.128. The summed E-state index contributed by atoms with van der Waals surface area (Å²) < 4.78 is 5.65. The summed E-state index contributed by atoms with van der Waals surface area (Å²) >= 11 is 1.25. The van der Waals surface area contributed by atoms with Crippen molar-refractivity contribution in [1.82, 2.24) is 19.1 Å². The number of carbonyl (C=O) groups is 1. The van der Waals surface area contributed by atoms with Crippen LogP contribution in [0.15, 0.2) is 24.3 Å². The van der Waals surface area contributed by atoms with E-state index >= 15 is 0 Å². The van der Waals surface area contributed by atoms with E-state index in [4.69, 9.17) is 5.11 Å². The molecule has 0 saturated heterocycles. The summed E-state index contributed by atoms with van der Waals surface area (Å²) in [6, 6.07) is 7.50. The number of carboxylic acids is 1. The van der Waals surface area contributed by atoms with Crippen LogP contribution in [0.2, 0.25) is 0 Å². The summed E-state index contributed by atoms with van der Waals surface area (Å²) in [5.74, 6) is -0.273. The van der Waals surface area contributed by atoms with Gasteiger partial charge in [-0.25, -0.2) is 4.98 Å². The number of benzene rings is 1. The fraction of sp³-hybridized carbons (Fsp3) is 0.231. The standard InChI is InChI=1S/C13H12N4O2S/c1-2-8-12(20-16-15-8)13-14-9-5-3-4-6-10(9)17(13)7-11(18)19/h3-6H,2,7H2,1H3,(H,18,19). The fourth-order valence-corrected chi connectivity index (χ4v) is 2.90. The first-order chi connectivity index (χ1) is 9.70. The Morgan fingerprint density at radius 3 is 2.95 bits per heavy atom. The number of carboxylic acid groups (broad SMARTS) is 1. The zero-order valence-electron chi connectivity index (χ0n) is 10.8. The van der Waals surface area contributed by atoms with E-state index in [2.05, 4.69) is 14.6 Å². The molecule has 0 aliphatic rings. The Kier molecular flexibility index (Phi) is 3.19. The molecular weight excluding hydrogens is 276 g/mol. The van der Waals surface area contributed by atoms with Crippen LogP contribution < -0.4 is 0 Å². The highest BCUT2D eigenvalue weighted by Crippen LogP contribution is 2.29. The first-order valence-corrected chi connectivity index (χ1v) is 6.96. The number of para-hydroxylation sites is 2. The molecule has 20 heavy (non-hydrogen) atoms. The predicted octanol–water partition coefficient (Wildman–Crippen LogP) is 2.20. The van der Waals surface area contributed by atoms with Gasteiger partial charge >= 0.3 is 5.97 Å². The number of aliphatic carboxylic acids is 1. The van der Waals surface area contributed by atoms with Crippen LogP contribution in [-0.4, -0.2) is 30.2 Å². The van der Waals surface area contributed by atoms with Crippen molar-refractivity contribution in [3.05, 3.63) is 30.0 Å². The Morgan fingerprint density at radius 2 is 2.20 bits per heavy atom. The second-order valence-electron chi connectivity index (χ2n) is 4.31. The number of hydrogen-bond donors (Lipinski definition) is 1. The molecule has 0 fully saturated rings. The molecule has 0 saturated carbocycles. The van der Waals surface area contributed by atoms with Crippen LogP contribution in [0, 0.1) is 0 Å². The number of aromatic nitrogens is 4. The number of imidazole rings is 1. The summed E-state index contributed by atoms with van der Waals surface area (Å²) in [7, 11) is 0. The minimum atomic E-state index is -0.898. The average molecular weight is 288 g/mol. The maximum Gasteiger partial charge on any atom is 0.323 e. The third-order valence-electron chi connectivity index (χ3n) is 3.04. The van der Waals surface area contributed by atoms with E-state index in [-0.39, 0.29) is 6.54 Å². The number of nitrogens with zero attached hydrogens (tertiary/aromatic N) is 4. The second kappa shape index (κ2) is 5.01. The molecule has 0 aliphatic carbocycles. The SMILES string of the molecule is CCc1nnsc1-c1nc2ccccc2n1CC(=O)O. The first kappa shape index (κ1) is 12.7. The molecule has 1 N–H and O–H groups in total. The molecule has 0 aliphatic heterocycles. The Bertz CT molecular complexity index is 778. The lowest BCUT2D eigenvalue weighted by atomic mass is 10.3. The van der Waals surface area contributed by atoms with Crippen LogP contribution >= 0.6 is 11.5 Å². The van der Waals surface area contributed by atoms with Gasteiger partial charge in [0.1, 0.15) is 11.4 Å². The van der Waals surface area contributed by atoms with Crippen LogP contribution in [0.25, 0.3) is 21.7 Å². The van der Waals surface area contributed by atoms with E-state index in [1.807, 2.05) is 31.2 Å². The molecule has 0 radical (unpaired) electrons. The van der Waals surface area contributed by atoms with Crippen molar-refractivity contribution in [2.24, 2.45) is 0 Å². The van der Waals surface area contributed by atoms with Gasteiger partial charge in [0.15, 0.2) is 5.82 Å². The summed E-state index contributed by atoms with van der Waals surface area (Å²) in [5, 5.41) is 13.2. The van der Waals surface area contributed by atoms with Gasteiger partial charge in [0.25, 0.3) is 0 Å². The molecule has 0 spiro atoms. The average Bonchev–Trinajstić information content (AvgIpc) is 3.02. The fourth-order valence-electron chi connectivity index (χ4n) is 2.15. The van der Waals surface area contributed by atoms with Crippen LogP contribution in [0.1, 0.15) is 12.6 Å². The molecule has 0 amide bonds. The van der Waals surface area contributed by atoms with Gasteiger partial charge in [-0.2, -0.15) is 0 Å². The number of hydrogen-bond acceptors (Lipinski definition) is 5. The van der Waals surface area contributed by atoms with Gasteiger partial charge in [0.05, 0.1) is 16.7 Å². The molecule has 0 bridgehead atoms. The van der Waals surface area contributed by atoms with Gasteiger partial charge in [0.2, 0.25) is 0 Å². The summed E-state index contributed by atoms with van der Waals surface area (Å²) in [6.45, 7) is 1.86. The quantitative estimate of drug-likeness (QED) is 0.796. The Labute approximate surface area is 118 Å². The Morgan fingerprint density at radius 1 is 1.40 bits per heavy atom. The smallest absolute Gasteiger partial charge is 0.323 e. The van der Waals surface area contributed by atoms with Crippen molar-refractivity contribution in [2.45, 2.75) is 19.9 Å². The molecule has 0 unspecified atom stereocenters. The van der Waals surface area contributed by atoms with Crippen LogP contribution in [0.5, 0.6) is 0 Å². The summed E-state index contributed by atoms with van der Waals surface area (Å²) in [4.78, 5) is 16.5. The first-order valence-electron chi connectivity index (χ1n) is 6.19. The van der Waals surface area contributed by atoms with Crippen molar-refractivity contribution in [2.75, 3.05) is 0 Å². The van der Waals surface area contributed by atoms with E-state index in [9.17, 15) is 4.79 Å². The van der Waals surface area contributed by atoms with E-state index in [0.29, 0.717) is 5.82 Å².